The molecular formula is C21H23F2N3O3. The number of halogens is 2. The molecule has 0 aliphatic carbocycles. The minimum Gasteiger partial charge on any atom is -0.465 e. The summed E-state index contributed by atoms with van der Waals surface area (Å²) in [5.41, 5.74) is 2.14. The van der Waals surface area contributed by atoms with Crippen LogP contribution in [-0.2, 0) is 6.54 Å². The SMILES string of the molecule is Cc1cc(F)ccc1C1CN(C(=O)O)CCN1C(=O)N(C)Cc1ccc(F)cc1. The molecule has 1 unspecified atom stereocenters. The van der Waals surface area contributed by atoms with Gasteiger partial charge in [0.25, 0.3) is 0 Å². The molecule has 1 aliphatic rings. The molecule has 2 aromatic carbocycles. The van der Waals surface area contributed by atoms with Crippen LogP contribution in [0.3, 0.4) is 0 Å². The maximum Gasteiger partial charge on any atom is 0.407 e. The largest absolute Gasteiger partial charge is 0.465 e. The lowest BCUT2D eigenvalue weighted by atomic mass is 9.97. The van der Waals surface area contributed by atoms with Gasteiger partial charge in [0.05, 0.1) is 6.04 Å². The summed E-state index contributed by atoms with van der Waals surface area (Å²) in [6, 6.07) is 9.39. The average molecular weight is 403 g/mol. The summed E-state index contributed by atoms with van der Waals surface area (Å²) in [6.07, 6.45) is -1.05. The molecule has 0 bridgehead atoms. The lowest BCUT2D eigenvalue weighted by molar-refractivity contribution is 0.0711. The van der Waals surface area contributed by atoms with Gasteiger partial charge in [-0.2, -0.15) is 0 Å². The number of urea groups is 1. The predicted octanol–water partition coefficient (Wildman–Crippen LogP) is 3.86. The fourth-order valence-corrected chi connectivity index (χ4v) is 3.62. The van der Waals surface area contributed by atoms with Gasteiger partial charge in [0, 0.05) is 33.2 Å². The zero-order chi connectivity index (χ0) is 21.1. The van der Waals surface area contributed by atoms with Crippen LogP contribution in [-0.4, -0.2) is 58.6 Å². The highest BCUT2D eigenvalue weighted by Gasteiger charge is 2.35. The van der Waals surface area contributed by atoms with Gasteiger partial charge in [0.2, 0.25) is 0 Å². The molecule has 154 valence electrons. The summed E-state index contributed by atoms with van der Waals surface area (Å²) < 4.78 is 26.7. The lowest BCUT2D eigenvalue weighted by Gasteiger charge is -2.42. The standard InChI is InChI=1S/C21H23F2N3O3/c1-14-11-17(23)7-8-18(14)19-13-25(21(28)29)9-10-26(19)20(27)24(2)12-15-3-5-16(22)6-4-15/h3-8,11,19H,9-10,12-13H2,1-2H3,(H,28,29). The van der Waals surface area contributed by atoms with Crippen molar-refractivity contribution in [2.45, 2.75) is 19.5 Å². The number of aryl methyl sites for hydroxylation is 1. The molecule has 1 saturated heterocycles. The second-order valence-electron chi connectivity index (χ2n) is 7.20. The number of amides is 3. The molecule has 0 radical (unpaired) electrons. The van der Waals surface area contributed by atoms with Crippen LogP contribution in [0.25, 0.3) is 0 Å². The van der Waals surface area contributed by atoms with E-state index in [0.717, 1.165) is 5.56 Å². The highest BCUT2D eigenvalue weighted by molar-refractivity contribution is 5.75. The van der Waals surface area contributed by atoms with E-state index in [2.05, 4.69) is 0 Å². The number of benzene rings is 2. The highest BCUT2D eigenvalue weighted by Crippen LogP contribution is 2.29. The number of carbonyl (C=O) groups excluding carboxylic acids is 1. The van der Waals surface area contributed by atoms with E-state index in [1.807, 2.05) is 0 Å². The fraction of sp³-hybridized carbons (Fsp3) is 0.333. The third kappa shape index (κ3) is 4.64. The van der Waals surface area contributed by atoms with Crippen molar-refractivity contribution in [3.05, 3.63) is 70.8 Å². The molecular weight excluding hydrogens is 380 g/mol. The Morgan fingerprint density at radius 1 is 1.10 bits per heavy atom. The monoisotopic (exact) mass is 403 g/mol. The Labute approximate surface area is 167 Å². The molecule has 1 atom stereocenters. The van der Waals surface area contributed by atoms with Crippen molar-refractivity contribution in [2.75, 3.05) is 26.7 Å². The van der Waals surface area contributed by atoms with Crippen LogP contribution in [0.5, 0.6) is 0 Å². The van der Waals surface area contributed by atoms with Gasteiger partial charge < -0.3 is 19.8 Å². The van der Waals surface area contributed by atoms with Crippen LogP contribution in [0.1, 0.15) is 22.7 Å². The van der Waals surface area contributed by atoms with Gasteiger partial charge in [-0.15, -0.1) is 0 Å². The topological polar surface area (TPSA) is 64.1 Å². The van der Waals surface area contributed by atoms with Crippen LogP contribution < -0.4 is 0 Å². The van der Waals surface area contributed by atoms with Crippen molar-refractivity contribution in [3.63, 3.8) is 0 Å². The van der Waals surface area contributed by atoms with Gasteiger partial charge in [0.1, 0.15) is 11.6 Å². The van der Waals surface area contributed by atoms with Crippen LogP contribution in [0.15, 0.2) is 42.5 Å². The maximum atomic E-state index is 13.6. The van der Waals surface area contributed by atoms with Crippen LogP contribution in [0, 0.1) is 18.6 Å². The van der Waals surface area contributed by atoms with E-state index < -0.39 is 12.1 Å². The average Bonchev–Trinajstić information content (AvgIpc) is 2.68. The summed E-state index contributed by atoms with van der Waals surface area (Å²) in [7, 11) is 1.64. The van der Waals surface area contributed by atoms with Crippen molar-refractivity contribution in [1.82, 2.24) is 14.7 Å². The van der Waals surface area contributed by atoms with E-state index in [1.54, 1.807) is 37.1 Å². The van der Waals surface area contributed by atoms with Gasteiger partial charge >= 0.3 is 12.1 Å². The molecule has 0 saturated carbocycles. The first kappa shape index (κ1) is 20.6. The summed E-state index contributed by atoms with van der Waals surface area (Å²) >= 11 is 0. The molecule has 1 fully saturated rings. The molecule has 3 amide bonds. The molecule has 29 heavy (non-hydrogen) atoms. The van der Waals surface area contributed by atoms with Crippen molar-refractivity contribution in [3.8, 4) is 0 Å². The Balaban J connectivity index is 1.84. The van der Waals surface area contributed by atoms with Gasteiger partial charge in [-0.25, -0.2) is 18.4 Å². The van der Waals surface area contributed by atoms with E-state index in [0.29, 0.717) is 11.1 Å². The fourth-order valence-electron chi connectivity index (χ4n) is 3.62. The Morgan fingerprint density at radius 2 is 1.76 bits per heavy atom. The molecule has 6 nitrogen and oxygen atoms in total. The minimum atomic E-state index is -1.05. The van der Waals surface area contributed by atoms with E-state index in [9.17, 15) is 23.5 Å². The first-order valence-corrected chi connectivity index (χ1v) is 9.26. The van der Waals surface area contributed by atoms with E-state index >= 15 is 0 Å². The number of nitrogens with zero attached hydrogens (tertiary/aromatic N) is 3. The van der Waals surface area contributed by atoms with Crippen molar-refractivity contribution < 1.29 is 23.5 Å². The molecule has 8 heteroatoms. The summed E-state index contributed by atoms with van der Waals surface area (Å²) in [5, 5.41) is 9.39. The predicted molar refractivity (Wildman–Crippen MR) is 103 cm³/mol. The number of piperazine rings is 1. The third-order valence-corrected chi connectivity index (χ3v) is 5.15. The number of carboxylic acid groups (broad SMARTS) is 1. The van der Waals surface area contributed by atoms with Gasteiger partial charge in [-0.3, -0.25) is 0 Å². The second-order valence-corrected chi connectivity index (χ2v) is 7.20. The van der Waals surface area contributed by atoms with Crippen molar-refractivity contribution in [2.24, 2.45) is 0 Å². The summed E-state index contributed by atoms with van der Waals surface area (Å²) in [4.78, 5) is 29.0. The molecule has 0 spiro atoms. The minimum absolute atomic E-state index is 0.109. The molecule has 3 rings (SSSR count). The Bertz CT molecular complexity index is 905. The van der Waals surface area contributed by atoms with Crippen LogP contribution in [0.4, 0.5) is 18.4 Å². The van der Waals surface area contributed by atoms with Crippen molar-refractivity contribution >= 4 is 12.1 Å². The van der Waals surface area contributed by atoms with E-state index in [1.165, 1.54) is 34.1 Å². The molecule has 0 aromatic heterocycles. The Kier molecular flexibility index (Phi) is 6.00. The Hall–Kier alpha value is -3.16. The highest BCUT2D eigenvalue weighted by atomic mass is 19.1. The lowest BCUT2D eigenvalue weighted by Crippen LogP contribution is -2.54. The van der Waals surface area contributed by atoms with Crippen LogP contribution >= 0.6 is 0 Å². The first-order valence-electron chi connectivity index (χ1n) is 9.26. The zero-order valence-electron chi connectivity index (χ0n) is 16.3. The second kappa shape index (κ2) is 8.46. The molecule has 1 N–H and O–H groups in total. The molecule has 1 heterocycles. The Morgan fingerprint density at radius 3 is 2.38 bits per heavy atom. The normalized spacial score (nSPS) is 16.6. The smallest absolute Gasteiger partial charge is 0.407 e. The van der Waals surface area contributed by atoms with Crippen LogP contribution in [0.2, 0.25) is 0 Å². The quantitative estimate of drug-likeness (QED) is 0.846. The van der Waals surface area contributed by atoms with Crippen molar-refractivity contribution in [1.29, 1.82) is 0 Å². The number of hydrogen-bond acceptors (Lipinski definition) is 2. The maximum absolute atomic E-state index is 13.6. The summed E-state index contributed by atoms with van der Waals surface area (Å²) in [6.45, 7) is 2.55. The van der Waals surface area contributed by atoms with Gasteiger partial charge in [-0.1, -0.05) is 18.2 Å². The first-order chi connectivity index (χ1) is 13.8. The van der Waals surface area contributed by atoms with E-state index in [4.69, 9.17) is 0 Å². The number of hydrogen-bond donors (Lipinski definition) is 1. The number of carbonyl (C=O) groups is 2. The van der Waals surface area contributed by atoms with Gasteiger partial charge in [0.15, 0.2) is 0 Å². The molecule has 2 aromatic rings. The summed E-state index contributed by atoms with van der Waals surface area (Å²) in [5.74, 6) is -0.733. The van der Waals surface area contributed by atoms with Gasteiger partial charge in [-0.05, 0) is 47.9 Å². The molecule has 1 aliphatic heterocycles. The number of rotatable bonds is 3. The zero-order valence-corrected chi connectivity index (χ0v) is 16.3. The van der Waals surface area contributed by atoms with E-state index in [-0.39, 0.29) is 43.8 Å². The third-order valence-electron chi connectivity index (χ3n) is 5.15.